The normalized spacial score (nSPS) is 12.7. The summed E-state index contributed by atoms with van der Waals surface area (Å²) in [7, 11) is 0. The van der Waals surface area contributed by atoms with Crippen molar-refractivity contribution in [3.05, 3.63) is 34.3 Å². The topological polar surface area (TPSA) is 21.3 Å². The van der Waals surface area contributed by atoms with E-state index < -0.39 is 0 Å². The zero-order valence-corrected chi connectivity index (χ0v) is 11.7. The molecule has 0 spiro atoms. The zero-order valence-electron chi connectivity index (χ0n) is 10.9. The average Bonchev–Trinajstić information content (AvgIpc) is 2.32. The predicted molar refractivity (Wildman–Crippen MR) is 73.7 cm³/mol. The minimum atomic E-state index is 0.227. The number of likely N-dealkylation sites (N-methyl/N-ethyl adjacent to an activating group) is 1. The molecule has 3 heteroatoms. The molecule has 1 aromatic carbocycles. The summed E-state index contributed by atoms with van der Waals surface area (Å²) in [5, 5.41) is 4.22. The molecular formula is C14H22ClNO. The largest absolute Gasteiger partial charge is 0.379 e. The van der Waals surface area contributed by atoms with Gasteiger partial charge in [-0.25, -0.2) is 0 Å². The molecule has 0 heterocycles. The van der Waals surface area contributed by atoms with Gasteiger partial charge in [0.25, 0.3) is 0 Å². The Hall–Kier alpha value is -0.570. The van der Waals surface area contributed by atoms with Crippen LogP contribution >= 0.6 is 11.6 Å². The van der Waals surface area contributed by atoms with E-state index in [1.165, 1.54) is 11.1 Å². The second-order valence-corrected chi connectivity index (χ2v) is 4.62. The summed E-state index contributed by atoms with van der Waals surface area (Å²) in [6.45, 7) is 8.76. The maximum Gasteiger partial charge on any atom is 0.0661 e. The van der Waals surface area contributed by atoms with Gasteiger partial charge in [0.15, 0.2) is 0 Å². The number of halogens is 1. The lowest BCUT2D eigenvalue weighted by molar-refractivity contribution is 0.112. The van der Waals surface area contributed by atoms with Gasteiger partial charge in [0.2, 0.25) is 0 Å². The van der Waals surface area contributed by atoms with E-state index in [0.29, 0.717) is 6.61 Å². The molecule has 96 valence electrons. The van der Waals surface area contributed by atoms with Crippen molar-refractivity contribution >= 4 is 11.6 Å². The smallest absolute Gasteiger partial charge is 0.0661 e. The van der Waals surface area contributed by atoms with Crippen molar-refractivity contribution in [3.8, 4) is 0 Å². The molecule has 1 atom stereocenters. The first-order valence-electron chi connectivity index (χ1n) is 6.26. The predicted octanol–water partition coefficient (Wildman–Crippen LogP) is 3.73. The third kappa shape index (κ3) is 4.66. The van der Waals surface area contributed by atoms with Crippen LogP contribution in [0.3, 0.4) is 0 Å². The fourth-order valence-corrected chi connectivity index (χ4v) is 2.02. The Morgan fingerprint density at radius 2 is 2.12 bits per heavy atom. The molecular weight excluding hydrogens is 234 g/mol. The summed E-state index contributed by atoms with van der Waals surface area (Å²) < 4.78 is 5.64. The van der Waals surface area contributed by atoms with E-state index in [4.69, 9.17) is 16.3 Å². The van der Waals surface area contributed by atoms with Gasteiger partial charge >= 0.3 is 0 Å². The lowest BCUT2D eigenvalue weighted by Crippen LogP contribution is -2.26. The fraction of sp³-hybridized carbons (Fsp3) is 0.571. The van der Waals surface area contributed by atoms with Gasteiger partial charge in [-0.05, 0) is 43.1 Å². The number of hydrogen-bond acceptors (Lipinski definition) is 2. The first-order valence-corrected chi connectivity index (χ1v) is 6.64. The van der Waals surface area contributed by atoms with Crippen LogP contribution in [-0.2, 0) is 4.74 Å². The number of nitrogens with one attached hydrogen (secondary N) is 1. The first kappa shape index (κ1) is 14.5. The molecule has 1 rings (SSSR count). The molecule has 2 nitrogen and oxygen atoms in total. The summed E-state index contributed by atoms with van der Waals surface area (Å²) in [6.07, 6.45) is 1.05. The van der Waals surface area contributed by atoms with E-state index in [0.717, 1.165) is 24.6 Å². The number of ether oxygens (including phenoxy) is 1. The van der Waals surface area contributed by atoms with E-state index in [1.54, 1.807) is 0 Å². The second-order valence-electron chi connectivity index (χ2n) is 4.19. The van der Waals surface area contributed by atoms with Crippen LogP contribution in [0.4, 0.5) is 0 Å². The van der Waals surface area contributed by atoms with Crippen LogP contribution in [0, 0.1) is 6.92 Å². The maximum absolute atomic E-state index is 6.05. The van der Waals surface area contributed by atoms with E-state index in [1.807, 2.05) is 12.1 Å². The molecule has 0 aliphatic carbocycles. The van der Waals surface area contributed by atoms with Crippen LogP contribution in [-0.4, -0.2) is 19.8 Å². The minimum absolute atomic E-state index is 0.227. The number of hydrogen-bond donors (Lipinski definition) is 1. The van der Waals surface area contributed by atoms with Crippen molar-refractivity contribution in [3.63, 3.8) is 0 Å². The summed E-state index contributed by atoms with van der Waals surface area (Å²) in [6, 6.07) is 6.24. The SMILES string of the molecule is CCCOCC(NCC)c1cc(Cl)ccc1C. The summed E-state index contributed by atoms with van der Waals surface area (Å²) in [5.41, 5.74) is 2.48. The van der Waals surface area contributed by atoms with E-state index in [9.17, 15) is 0 Å². The standard InChI is InChI=1S/C14H22ClNO/c1-4-8-17-10-14(16-5-2)13-9-12(15)7-6-11(13)3/h6-7,9,14,16H,4-5,8,10H2,1-3H3. The van der Waals surface area contributed by atoms with Gasteiger partial charge in [0.1, 0.15) is 0 Å². The van der Waals surface area contributed by atoms with Crippen molar-refractivity contribution in [2.24, 2.45) is 0 Å². The van der Waals surface area contributed by atoms with Crippen LogP contribution in [0.15, 0.2) is 18.2 Å². The zero-order chi connectivity index (χ0) is 12.7. The van der Waals surface area contributed by atoms with Gasteiger partial charge in [0, 0.05) is 11.6 Å². The van der Waals surface area contributed by atoms with Crippen LogP contribution in [0.25, 0.3) is 0 Å². The molecule has 1 unspecified atom stereocenters. The Morgan fingerprint density at radius 1 is 1.35 bits per heavy atom. The Kier molecular flexibility index (Phi) is 6.56. The third-order valence-corrected chi connectivity index (χ3v) is 2.94. The van der Waals surface area contributed by atoms with Crippen LogP contribution in [0.5, 0.6) is 0 Å². The Balaban J connectivity index is 2.77. The van der Waals surface area contributed by atoms with Crippen LogP contribution < -0.4 is 5.32 Å². The fourth-order valence-electron chi connectivity index (χ4n) is 1.84. The second kappa shape index (κ2) is 7.70. The number of aryl methyl sites for hydroxylation is 1. The molecule has 0 aliphatic rings. The Bertz CT molecular complexity index is 341. The van der Waals surface area contributed by atoms with Gasteiger partial charge < -0.3 is 10.1 Å². The maximum atomic E-state index is 6.05. The first-order chi connectivity index (χ1) is 8.19. The van der Waals surface area contributed by atoms with Crippen molar-refractivity contribution in [1.29, 1.82) is 0 Å². The highest BCUT2D eigenvalue weighted by molar-refractivity contribution is 6.30. The molecule has 0 saturated carbocycles. The lowest BCUT2D eigenvalue weighted by Gasteiger charge is -2.20. The molecule has 0 amide bonds. The van der Waals surface area contributed by atoms with E-state index in [2.05, 4.69) is 32.2 Å². The minimum Gasteiger partial charge on any atom is -0.379 e. The molecule has 0 radical (unpaired) electrons. The van der Waals surface area contributed by atoms with Crippen molar-refractivity contribution in [2.45, 2.75) is 33.2 Å². The average molecular weight is 256 g/mol. The Labute approximate surface area is 109 Å². The van der Waals surface area contributed by atoms with Gasteiger partial charge in [-0.1, -0.05) is 31.5 Å². The molecule has 0 fully saturated rings. The quantitative estimate of drug-likeness (QED) is 0.750. The highest BCUT2D eigenvalue weighted by Crippen LogP contribution is 2.22. The molecule has 1 aromatic rings. The molecule has 0 aromatic heterocycles. The summed E-state index contributed by atoms with van der Waals surface area (Å²) >= 11 is 6.05. The van der Waals surface area contributed by atoms with Gasteiger partial charge in [-0.3, -0.25) is 0 Å². The molecule has 0 aliphatic heterocycles. The van der Waals surface area contributed by atoms with Crippen molar-refractivity contribution in [1.82, 2.24) is 5.32 Å². The lowest BCUT2D eigenvalue weighted by atomic mass is 10.0. The highest BCUT2D eigenvalue weighted by Gasteiger charge is 2.13. The van der Waals surface area contributed by atoms with Crippen molar-refractivity contribution in [2.75, 3.05) is 19.8 Å². The van der Waals surface area contributed by atoms with Crippen LogP contribution in [0.2, 0.25) is 5.02 Å². The molecule has 1 N–H and O–H groups in total. The monoisotopic (exact) mass is 255 g/mol. The van der Waals surface area contributed by atoms with Crippen molar-refractivity contribution < 1.29 is 4.74 Å². The van der Waals surface area contributed by atoms with E-state index >= 15 is 0 Å². The van der Waals surface area contributed by atoms with Gasteiger partial charge in [-0.2, -0.15) is 0 Å². The van der Waals surface area contributed by atoms with Crippen LogP contribution in [0.1, 0.15) is 37.4 Å². The molecule has 0 saturated heterocycles. The Morgan fingerprint density at radius 3 is 2.76 bits per heavy atom. The van der Waals surface area contributed by atoms with Gasteiger partial charge in [-0.15, -0.1) is 0 Å². The summed E-state index contributed by atoms with van der Waals surface area (Å²) in [4.78, 5) is 0. The van der Waals surface area contributed by atoms with Gasteiger partial charge in [0.05, 0.1) is 12.6 Å². The third-order valence-electron chi connectivity index (χ3n) is 2.70. The summed E-state index contributed by atoms with van der Waals surface area (Å²) in [5.74, 6) is 0. The van der Waals surface area contributed by atoms with E-state index in [-0.39, 0.29) is 6.04 Å². The number of rotatable bonds is 7. The highest BCUT2D eigenvalue weighted by atomic mass is 35.5. The number of benzene rings is 1. The molecule has 17 heavy (non-hydrogen) atoms. The molecule has 0 bridgehead atoms.